The largest absolute Gasteiger partial charge is 0.122 e. The highest BCUT2D eigenvalue weighted by molar-refractivity contribution is 9.10. The highest BCUT2D eigenvalue weighted by Crippen LogP contribution is 2.27. The monoisotopic (exact) mass is 280 g/mol. The molecule has 0 saturated carbocycles. The minimum Gasteiger partial charge on any atom is -0.122 e. The van der Waals surface area contributed by atoms with E-state index in [-0.39, 0.29) is 0 Å². The topological polar surface area (TPSA) is 0 Å². The smallest absolute Gasteiger partial charge is 0.0474 e. The summed E-state index contributed by atoms with van der Waals surface area (Å²) in [7, 11) is 0. The predicted molar refractivity (Wildman–Crippen MR) is 69.1 cm³/mol. The van der Waals surface area contributed by atoms with Gasteiger partial charge in [0.15, 0.2) is 0 Å². The molecule has 0 amide bonds. The molecule has 0 heterocycles. The summed E-state index contributed by atoms with van der Waals surface area (Å²) < 4.78 is 1.11. The lowest BCUT2D eigenvalue weighted by Crippen LogP contribution is -1.81. The molecule has 0 aliphatic rings. The van der Waals surface area contributed by atoms with Gasteiger partial charge >= 0.3 is 0 Å². The van der Waals surface area contributed by atoms with Crippen LogP contribution in [0.25, 0.3) is 11.1 Å². The molecular weight excluding hydrogens is 272 g/mol. The van der Waals surface area contributed by atoms with Crippen molar-refractivity contribution in [3.8, 4) is 11.1 Å². The van der Waals surface area contributed by atoms with Gasteiger partial charge in [0.1, 0.15) is 0 Å². The van der Waals surface area contributed by atoms with Gasteiger partial charge in [-0.2, -0.15) is 0 Å². The van der Waals surface area contributed by atoms with Crippen molar-refractivity contribution in [3.63, 3.8) is 0 Å². The van der Waals surface area contributed by atoms with Crippen LogP contribution in [-0.2, 0) is 5.88 Å². The fourth-order valence-electron chi connectivity index (χ4n) is 1.47. The summed E-state index contributed by atoms with van der Waals surface area (Å²) in [4.78, 5) is 0. The Labute approximate surface area is 103 Å². The third kappa shape index (κ3) is 2.42. The molecule has 0 aliphatic heterocycles. The second kappa shape index (κ2) is 4.82. The molecule has 0 bridgehead atoms. The second-order valence-electron chi connectivity index (χ2n) is 3.31. The summed E-state index contributed by atoms with van der Waals surface area (Å²) in [6.45, 7) is 0. The van der Waals surface area contributed by atoms with Crippen LogP contribution < -0.4 is 0 Å². The molecule has 0 aliphatic carbocycles. The fourth-order valence-corrected chi connectivity index (χ4v) is 2.16. The summed E-state index contributed by atoms with van der Waals surface area (Å²) in [5.74, 6) is 0.566. The van der Waals surface area contributed by atoms with Gasteiger partial charge in [0, 0.05) is 10.4 Å². The van der Waals surface area contributed by atoms with E-state index in [1.165, 1.54) is 11.1 Å². The normalized spacial score (nSPS) is 10.3. The molecule has 0 saturated heterocycles. The minimum atomic E-state index is 0.566. The molecule has 2 rings (SSSR count). The molecule has 2 heteroatoms. The first-order valence-electron chi connectivity index (χ1n) is 4.71. The van der Waals surface area contributed by atoms with Crippen molar-refractivity contribution >= 4 is 27.5 Å². The zero-order valence-corrected chi connectivity index (χ0v) is 10.4. The third-order valence-electron chi connectivity index (χ3n) is 2.29. The SMILES string of the molecule is ClCc1ccc(-c2ccccc2Br)cc1. The van der Waals surface area contributed by atoms with Crippen LogP contribution >= 0.6 is 27.5 Å². The summed E-state index contributed by atoms with van der Waals surface area (Å²) >= 11 is 9.29. The highest BCUT2D eigenvalue weighted by atomic mass is 79.9. The Balaban J connectivity index is 2.42. The van der Waals surface area contributed by atoms with Gasteiger partial charge in [-0.3, -0.25) is 0 Å². The van der Waals surface area contributed by atoms with Crippen LogP contribution in [0.1, 0.15) is 5.56 Å². The van der Waals surface area contributed by atoms with Crippen LogP contribution in [-0.4, -0.2) is 0 Å². The van der Waals surface area contributed by atoms with Gasteiger partial charge in [0.2, 0.25) is 0 Å². The van der Waals surface area contributed by atoms with E-state index in [0.29, 0.717) is 5.88 Å². The Hall–Kier alpha value is -0.790. The number of hydrogen-bond acceptors (Lipinski definition) is 0. The molecule has 0 radical (unpaired) electrons. The van der Waals surface area contributed by atoms with E-state index in [1.807, 2.05) is 18.2 Å². The summed E-state index contributed by atoms with van der Waals surface area (Å²) in [6, 6.07) is 16.5. The van der Waals surface area contributed by atoms with Crippen LogP contribution in [0, 0.1) is 0 Å². The van der Waals surface area contributed by atoms with Gasteiger partial charge < -0.3 is 0 Å². The van der Waals surface area contributed by atoms with Crippen molar-refractivity contribution in [1.82, 2.24) is 0 Å². The zero-order valence-electron chi connectivity index (χ0n) is 8.08. The van der Waals surface area contributed by atoms with Crippen molar-refractivity contribution in [2.45, 2.75) is 5.88 Å². The van der Waals surface area contributed by atoms with Crippen LogP contribution in [0.2, 0.25) is 0 Å². The Kier molecular flexibility index (Phi) is 3.45. The van der Waals surface area contributed by atoms with Gasteiger partial charge in [-0.25, -0.2) is 0 Å². The van der Waals surface area contributed by atoms with E-state index >= 15 is 0 Å². The van der Waals surface area contributed by atoms with E-state index in [9.17, 15) is 0 Å². The molecule has 76 valence electrons. The lowest BCUT2D eigenvalue weighted by molar-refractivity contribution is 1.40. The van der Waals surface area contributed by atoms with Crippen LogP contribution in [0.5, 0.6) is 0 Å². The molecule has 2 aromatic rings. The van der Waals surface area contributed by atoms with Gasteiger partial charge in [-0.1, -0.05) is 58.4 Å². The van der Waals surface area contributed by atoms with Gasteiger partial charge in [-0.15, -0.1) is 11.6 Å². The lowest BCUT2D eigenvalue weighted by atomic mass is 10.0. The minimum absolute atomic E-state index is 0.566. The molecule has 0 unspecified atom stereocenters. The molecule has 0 fully saturated rings. The van der Waals surface area contributed by atoms with Crippen LogP contribution in [0.3, 0.4) is 0 Å². The third-order valence-corrected chi connectivity index (χ3v) is 3.29. The molecule has 0 atom stereocenters. The number of rotatable bonds is 2. The van der Waals surface area contributed by atoms with E-state index in [1.54, 1.807) is 0 Å². The molecule has 2 aromatic carbocycles. The molecule has 15 heavy (non-hydrogen) atoms. The van der Waals surface area contributed by atoms with Gasteiger partial charge in [-0.05, 0) is 22.8 Å². The van der Waals surface area contributed by atoms with Crippen LogP contribution in [0.4, 0.5) is 0 Å². The van der Waals surface area contributed by atoms with Crippen molar-refractivity contribution in [3.05, 3.63) is 58.6 Å². The fraction of sp³-hybridized carbons (Fsp3) is 0.0769. The summed E-state index contributed by atoms with van der Waals surface area (Å²) in [6.07, 6.45) is 0. The Bertz CT molecular complexity index is 448. The number of hydrogen-bond donors (Lipinski definition) is 0. The predicted octanol–water partition coefficient (Wildman–Crippen LogP) is 4.85. The Morgan fingerprint density at radius 2 is 1.60 bits per heavy atom. The highest BCUT2D eigenvalue weighted by Gasteiger charge is 2.01. The maximum atomic E-state index is 5.75. The number of alkyl halides is 1. The van der Waals surface area contributed by atoms with E-state index in [0.717, 1.165) is 10.0 Å². The summed E-state index contributed by atoms with van der Waals surface area (Å²) in [5.41, 5.74) is 3.56. The number of benzene rings is 2. The van der Waals surface area contributed by atoms with Crippen molar-refractivity contribution in [2.75, 3.05) is 0 Å². The van der Waals surface area contributed by atoms with E-state index in [4.69, 9.17) is 11.6 Å². The zero-order chi connectivity index (χ0) is 10.7. The van der Waals surface area contributed by atoms with E-state index in [2.05, 4.69) is 46.3 Å². The van der Waals surface area contributed by atoms with Crippen molar-refractivity contribution in [1.29, 1.82) is 0 Å². The first kappa shape index (κ1) is 10.7. The van der Waals surface area contributed by atoms with Gasteiger partial charge in [0.05, 0.1) is 0 Å². The number of halogens is 2. The van der Waals surface area contributed by atoms with E-state index < -0.39 is 0 Å². The van der Waals surface area contributed by atoms with Crippen molar-refractivity contribution in [2.24, 2.45) is 0 Å². The van der Waals surface area contributed by atoms with Crippen molar-refractivity contribution < 1.29 is 0 Å². The molecule has 0 nitrogen and oxygen atoms in total. The maximum Gasteiger partial charge on any atom is 0.0474 e. The quantitative estimate of drug-likeness (QED) is 0.690. The molecule has 0 spiro atoms. The Morgan fingerprint density at radius 1 is 0.933 bits per heavy atom. The molecule has 0 aromatic heterocycles. The Morgan fingerprint density at radius 3 is 2.20 bits per heavy atom. The average Bonchev–Trinajstić information content (AvgIpc) is 2.30. The average molecular weight is 282 g/mol. The second-order valence-corrected chi connectivity index (χ2v) is 4.43. The molecule has 0 N–H and O–H groups in total. The maximum absolute atomic E-state index is 5.75. The summed E-state index contributed by atoms with van der Waals surface area (Å²) in [5, 5.41) is 0. The standard InChI is InChI=1S/C13H10BrCl/c14-13-4-2-1-3-12(13)11-7-5-10(9-15)6-8-11/h1-8H,9H2. The molecular formula is C13H10BrCl. The first-order valence-corrected chi connectivity index (χ1v) is 6.04. The van der Waals surface area contributed by atoms with Gasteiger partial charge in [0.25, 0.3) is 0 Å². The first-order chi connectivity index (χ1) is 7.31. The lowest BCUT2D eigenvalue weighted by Gasteiger charge is -2.04. The van der Waals surface area contributed by atoms with Crippen LogP contribution in [0.15, 0.2) is 53.0 Å².